The number of amides is 1. The minimum absolute atomic E-state index is 0.101. The molecule has 1 saturated heterocycles. The van der Waals surface area contributed by atoms with Crippen molar-refractivity contribution in [2.75, 3.05) is 19.7 Å². The van der Waals surface area contributed by atoms with Crippen molar-refractivity contribution in [3.63, 3.8) is 0 Å². The van der Waals surface area contributed by atoms with Crippen molar-refractivity contribution in [3.05, 3.63) is 36.0 Å². The Morgan fingerprint density at radius 3 is 2.86 bits per heavy atom. The van der Waals surface area contributed by atoms with Crippen molar-refractivity contribution in [1.29, 1.82) is 0 Å². The molecule has 0 radical (unpaired) electrons. The Balaban J connectivity index is 1.86. The lowest BCUT2D eigenvalue weighted by Crippen LogP contribution is -2.52. The average molecular weight is 300 g/mol. The molecule has 1 aromatic carbocycles. The van der Waals surface area contributed by atoms with Gasteiger partial charge in [0.05, 0.1) is 12.2 Å². The zero-order valence-electron chi connectivity index (χ0n) is 12.9. The SMILES string of the molecule is CCC1(C)CN(C(=O)c2n[nH]nc2-c2ccccc2)CCO1. The van der Waals surface area contributed by atoms with Gasteiger partial charge in [0, 0.05) is 18.7 Å². The monoisotopic (exact) mass is 300 g/mol. The molecule has 22 heavy (non-hydrogen) atoms. The van der Waals surface area contributed by atoms with Gasteiger partial charge in [0.15, 0.2) is 5.69 Å². The Hall–Kier alpha value is -2.21. The summed E-state index contributed by atoms with van der Waals surface area (Å²) in [5.41, 5.74) is 1.55. The summed E-state index contributed by atoms with van der Waals surface area (Å²) < 4.78 is 5.79. The molecule has 6 nitrogen and oxygen atoms in total. The lowest BCUT2D eigenvalue weighted by Gasteiger charge is -2.39. The molecule has 6 heteroatoms. The quantitative estimate of drug-likeness (QED) is 0.942. The fraction of sp³-hybridized carbons (Fsp3) is 0.438. The summed E-state index contributed by atoms with van der Waals surface area (Å²) in [5.74, 6) is -0.101. The summed E-state index contributed by atoms with van der Waals surface area (Å²) in [6.45, 7) is 5.81. The number of hydrogen-bond donors (Lipinski definition) is 1. The third-order valence-electron chi connectivity index (χ3n) is 4.17. The third kappa shape index (κ3) is 2.74. The molecule has 1 aliphatic rings. The number of aromatic nitrogens is 3. The molecule has 2 heterocycles. The first-order chi connectivity index (χ1) is 10.6. The van der Waals surface area contributed by atoms with E-state index in [0.717, 1.165) is 12.0 Å². The van der Waals surface area contributed by atoms with E-state index < -0.39 is 0 Å². The van der Waals surface area contributed by atoms with Crippen LogP contribution in [0, 0.1) is 0 Å². The Labute approximate surface area is 129 Å². The number of rotatable bonds is 3. The predicted molar refractivity (Wildman–Crippen MR) is 82.4 cm³/mol. The van der Waals surface area contributed by atoms with Crippen LogP contribution in [0.25, 0.3) is 11.3 Å². The highest BCUT2D eigenvalue weighted by molar-refractivity contribution is 5.98. The summed E-state index contributed by atoms with van der Waals surface area (Å²) in [6.07, 6.45) is 0.862. The number of aromatic amines is 1. The molecule has 1 aromatic heterocycles. The number of ether oxygens (including phenoxy) is 1. The summed E-state index contributed by atoms with van der Waals surface area (Å²) in [5, 5.41) is 10.8. The summed E-state index contributed by atoms with van der Waals surface area (Å²) in [6, 6.07) is 9.61. The van der Waals surface area contributed by atoms with Gasteiger partial charge in [-0.05, 0) is 13.3 Å². The van der Waals surface area contributed by atoms with Crippen LogP contribution in [-0.2, 0) is 4.74 Å². The van der Waals surface area contributed by atoms with E-state index in [9.17, 15) is 4.79 Å². The second kappa shape index (κ2) is 5.88. The summed E-state index contributed by atoms with van der Waals surface area (Å²) >= 11 is 0. The van der Waals surface area contributed by atoms with Gasteiger partial charge in [-0.25, -0.2) is 0 Å². The number of H-pyrrole nitrogens is 1. The van der Waals surface area contributed by atoms with Crippen LogP contribution in [0.2, 0.25) is 0 Å². The number of carbonyl (C=O) groups is 1. The van der Waals surface area contributed by atoms with Gasteiger partial charge in [-0.2, -0.15) is 15.4 Å². The first-order valence-electron chi connectivity index (χ1n) is 7.52. The maximum Gasteiger partial charge on any atom is 0.276 e. The van der Waals surface area contributed by atoms with Crippen LogP contribution in [-0.4, -0.2) is 51.5 Å². The van der Waals surface area contributed by atoms with Crippen LogP contribution < -0.4 is 0 Å². The highest BCUT2D eigenvalue weighted by Crippen LogP contribution is 2.25. The van der Waals surface area contributed by atoms with Crippen LogP contribution >= 0.6 is 0 Å². The van der Waals surface area contributed by atoms with Crippen molar-refractivity contribution < 1.29 is 9.53 Å². The van der Waals surface area contributed by atoms with Crippen LogP contribution in [0.5, 0.6) is 0 Å². The zero-order valence-corrected chi connectivity index (χ0v) is 12.9. The number of morpholine rings is 1. The number of nitrogens with zero attached hydrogens (tertiary/aromatic N) is 3. The molecule has 1 unspecified atom stereocenters. The number of nitrogens with one attached hydrogen (secondary N) is 1. The molecule has 2 aromatic rings. The number of hydrogen-bond acceptors (Lipinski definition) is 4. The van der Waals surface area contributed by atoms with Crippen LogP contribution in [0.15, 0.2) is 30.3 Å². The molecular formula is C16H20N4O2. The Morgan fingerprint density at radius 1 is 1.36 bits per heavy atom. The normalized spacial score (nSPS) is 21.8. The fourth-order valence-electron chi connectivity index (χ4n) is 2.64. The molecule has 1 N–H and O–H groups in total. The number of benzene rings is 1. The standard InChI is InChI=1S/C16H20N4O2/c1-3-16(2)11-20(9-10-22-16)15(21)14-13(17-19-18-14)12-7-5-4-6-8-12/h4-8H,3,9-11H2,1-2H3,(H,17,18,19). The van der Waals surface area contributed by atoms with E-state index in [1.165, 1.54) is 0 Å². The van der Waals surface area contributed by atoms with E-state index in [4.69, 9.17) is 4.74 Å². The Bertz CT molecular complexity index is 655. The van der Waals surface area contributed by atoms with E-state index in [2.05, 4.69) is 22.3 Å². The van der Waals surface area contributed by atoms with Gasteiger partial charge in [-0.3, -0.25) is 4.79 Å². The summed E-state index contributed by atoms with van der Waals surface area (Å²) in [4.78, 5) is 14.6. The zero-order chi connectivity index (χ0) is 15.6. The molecule has 0 saturated carbocycles. The Morgan fingerprint density at radius 2 is 2.14 bits per heavy atom. The second-order valence-corrected chi connectivity index (χ2v) is 5.77. The Kier molecular flexibility index (Phi) is 3.94. The van der Waals surface area contributed by atoms with Crippen molar-refractivity contribution in [2.24, 2.45) is 0 Å². The van der Waals surface area contributed by atoms with Gasteiger partial charge < -0.3 is 9.64 Å². The smallest absolute Gasteiger partial charge is 0.276 e. The average Bonchev–Trinajstić information content (AvgIpc) is 3.04. The van der Waals surface area contributed by atoms with E-state index >= 15 is 0 Å². The van der Waals surface area contributed by atoms with E-state index in [-0.39, 0.29) is 11.5 Å². The molecule has 1 aliphatic heterocycles. The predicted octanol–water partition coefficient (Wildman–Crippen LogP) is 2.11. The molecule has 0 bridgehead atoms. The number of carbonyl (C=O) groups excluding carboxylic acids is 1. The van der Waals surface area contributed by atoms with Crippen molar-refractivity contribution in [3.8, 4) is 11.3 Å². The van der Waals surface area contributed by atoms with E-state index in [0.29, 0.717) is 31.1 Å². The van der Waals surface area contributed by atoms with Crippen molar-refractivity contribution in [2.45, 2.75) is 25.9 Å². The lowest BCUT2D eigenvalue weighted by molar-refractivity contribution is -0.0898. The molecule has 3 rings (SSSR count). The van der Waals surface area contributed by atoms with Gasteiger partial charge in [0.1, 0.15) is 5.69 Å². The van der Waals surface area contributed by atoms with Gasteiger partial charge in [-0.15, -0.1) is 0 Å². The molecular weight excluding hydrogens is 280 g/mol. The molecule has 1 fully saturated rings. The van der Waals surface area contributed by atoms with Crippen LogP contribution in [0.1, 0.15) is 30.8 Å². The van der Waals surface area contributed by atoms with Gasteiger partial charge >= 0.3 is 0 Å². The second-order valence-electron chi connectivity index (χ2n) is 5.77. The first-order valence-corrected chi connectivity index (χ1v) is 7.52. The highest BCUT2D eigenvalue weighted by Gasteiger charge is 2.34. The lowest BCUT2D eigenvalue weighted by atomic mass is 10.0. The minimum Gasteiger partial charge on any atom is -0.372 e. The molecule has 116 valence electrons. The topological polar surface area (TPSA) is 71.1 Å². The minimum atomic E-state index is -0.287. The van der Waals surface area contributed by atoms with Gasteiger partial charge in [0.25, 0.3) is 5.91 Å². The van der Waals surface area contributed by atoms with E-state index in [1.54, 1.807) is 4.90 Å². The maximum absolute atomic E-state index is 12.8. The molecule has 0 aliphatic carbocycles. The van der Waals surface area contributed by atoms with Crippen LogP contribution in [0.3, 0.4) is 0 Å². The highest BCUT2D eigenvalue weighted by atomic mass is 16.5. The van der Waals surface area contributed by atoms with Crippen molar-refractivity contribution >= 4 is 5.91 Å². The largest absolute Gasteiger partial charge is 0.372 e. The van der Waals surface area contributed by atoms with Gasteiger partial charge in [0.2, 0.25) is 0 Å². The molecule has 1 amide bonds. The summed E-state index contributed by atoms with van der Waals surface area (Å²) in [7, 11) is 0. The van der Waals surface area contributed by atoms with Crippen LogP contribution in [0.4, 0.5) is 0 Å². The fourth-order valence-corrected chi connectivity index (χ4v) is 2.64. The maximum atomic E-state index is 12.8. The van der Waals surface area contributed by atoms with Crippen molar-refractivity contribution in [1.82, 2.24) is 20.3 Å². The third-order valence-corrected chi connectivity index (χ3v) is 4.17. The molecule has 0 spiro atoms. The first kappa shape index (κ1) is 14.7. The van der Waals surface area contributed by atoms with E-state index in [1.807, 2.05) is 37.3 Å². The molecule has 1 atom stereocenters. The van der Waals surface area contributed by atoms with Gasteiger partial charge in [-0.1, -0.05) is 37.3 Å².